The van der Waals surface area contributed by atoms with Gasteiger partial charge < -0.3 is 0 Å². The van der Waals surface area contributed by atoms with Gasteiger partial charge in [-0.15, -0.1) is 11.3 Å². The highest BCUT2D eigenvalue weighted by Gasteiger charge is 1.98. The molecule has 0 spiro atoms. The molecule has 0 bridgehead atoms. The third-order valence-electron chi connectivity index (χ3n) is 1.28. The minimum atomic E-state index is 1.000. The van der Waals surface area contributed by atoms with Gasteiger partial charge in [0, 0.05) is 11.1 Å². The third kappa shape index (κ3) is 1.98. The van der Waals surface area contributed by atoms with Crippen LogP contribution in [0.3, 0.4) is 0 Å². The van der Waals surface area contributed by atoms with Crippen LogP contribution in [0.15, 0.2) is 11.2 Å². The molecular weight excluding hydrogens is 156 g/mol. The van der Waals surface area contributed by atoms with Crippen LogP contribution < -0.4 is 0 Å². The fourth-order valence-corrected chi connectivity index (χ4v) is 1.63. The maximum atomic E-state index is 4.29. The SMILES string of the molecule is C=N/C=C\c1nc(C)sc1C. The molecule has 58 valence electrons. The van der Waals surface area contributed by atoms with E-state index in [1.54, 1.807) is 17.5 Å². The van der Waals surface area contributed by atoms with Crippen molar-refractivity contribution in [2.24, 2.45) is 4.99 Å². The molecular formula is C8H10N2S. The zero-order valence-corrected chi connectivity index (χ0v) is 7.48. The molecule has 0 aliphatic carbocycles. The van der Waals surface area contributed by atoms with Gasteiger partial charge in [0.15, 0.2) is 0 Å². The van der Waals surface area contributed by atoms with Crippen LogP contribution in [-0.2, 0) is 0 Å². The molecule has 2 nitrogen and oxygen atoms in total. The Morgan fingerprint density at radius 3 is 2.73 bits per heavy atom. The monoisotopic (exact) mass is 166 g/mol. The van der Waals surface area contributed by atoms with Crippen LogP contribution in [0, 0.1) is 13.8 Å². The van der Waals surface area contributed by atoms with Crippen LogP contribution in [0.5, 0.6) is 0 Å². The molecule has 1 rings (SSSR count). The van der Waals surface area contributed by atoms with Gasteiger partial charge in [0.2, 0.25) is 0 Å². The van der Waals surface area contributed by atoms with Gasteiger partial charge >= 0.3 is 0 Å². The molecule has 11 heavy (non-hydrogen) atoms. The highest BCUT2D eigenvalue weighted by molar-refractivity contribution is 7.11. The number of rotatable bonds is 2. The highest BCUT2D eigenvalue weighted by Crippen LogP contribution is 2.17. The fraction of sp³-hybridized carbons (Fsp3) is 0.250. The molecule has 0 unspecified atom stereocenters. The zero-order valence-electron chi connectivity index (χ0n) is 6.66. The number of hydrogen-bond acceptors (Lipinski definition) is 3. The summed E-state index contributed by atoms with van der Waals surface area (Å²) in [7, 11) is 0. The molecule has 0 saturated carbocycles. The van der Waals surface area contributed by atoms with Crippen molar-refractivity contribution in [1.29, 1.82) is 0 Å². The lowest BCUT2D eigenvalue weighted by Gasteiger charge is -1.83. The standard InChI is InChI=1S/C8H10N2S/c1-6-8(4-5-9-3)10-7(2)11-6/h4-5H,3H2,1-2H3/b5-4-. The lowest BCUT2D eigenvalue weighted by molar-refractivity contribution is 1.26. The van der Waals surface area contributed by atoms with Crippen molar-refractivity contribution in [2.45, 2.75) is 13.8 Å². The Balaban J connectivity index is 2.93. The lowest BCUT2D eigenvalue weighted by Crippen LogP contribution is -1.73. The molecule has 0 saturated heterocycles. The maximum absolute atomic E-state index is 4.29. The number of aromatic nitrogens is 1. The van der Waals surface area contributed by atoms with E-state index in [4.69, 9.17) is 0 Å². The maximum Gasteiger partial charge on any atom is 0.0904 e. The smallest absolute Gasteiger partial charge is 0.0904 e. The van der Waals surface area contributed by atoms with E-state index in [0.717, 1.165) is 10.7 Å². The highest BCUT2D eigenvalue weighted by atomic mass is 32.1. The van der Waals surface area contributed by atoms with Gasteiger partial charge in [-0.3, -0.25) is 4.99 Å². The van der Waals surface area contributed by atoms with Crippen LogP contribution >= 0.6 is 11.3 Å². The van der Waals surface area contributed by atoms with Crippen molar-refractivity contribution in [3.05, 3.63) is 21.8 Å². The molecule has 1 aromatic heterocycles. The molecule has 0 fully saturated rings. The second kappa shape index (κ2) is 3.44. The molecule has 1 heterocycles. The summed E-state index contributed by atoms with van der Waals surface area (Å²) in [6.07, 6.45) is 3.52. The molecule has 0 radical (unpaired) electrons. The molecule has 0 aliphatic heterocycles. The average Bonchev–Trinajstić information content (AvgIpc) is 2.26. The Morgan fingerprint density at radius 1 is 1.55 bits per heavy atom. The van der Waals surface area contributed by atoms with E-state index in [0.29, 0.717) is 0 Å². The van der Waals surface area contributed by atoms with Crippen LogP contribution in [0.25, 0.3) is 6.08 Å². The summed E-state index contributed by atoms with van der Waals surface area (Å²) in [5, 5.41) is 1.09. The Kier molecular flexibility index (Phi) is 2.54. The second-order valence-corrected chi connectivity index (χ2v) is 3.58. The molecule has 3 heteroatoms. The van der Waals surface area contributed by atoms with Gasteiger partial charge in [-0.05, 0) is 26.6 Å². The van der Waals surface area contributed by atoms with Gasteiger partial charge in [-0.2, -0.15) is 0 Å². The topological polar surface area (TPSA) is 25.2 Å². The van der Waals surface area contributed by atoms with E-state index in [9.17, 15) is 0 Å². The summed E-state index contributed by atoms with van der Waals surface area (Å²) in [4.78, 5) is 9.13. The average molecular weight is 166 g/mol. The van der Waals surface area contributed by atoms with E-state index >= 15 is 0 Å². The summed E-state index contributed by atoms with van der Waals surface area (Å²) in [6.45, 7) is 7.40. The lowest BCUT2D eigenvalue weighted by atomic mass is 10.4. The predicted molar refractivity (Wildman–Crippen MR) is 50.2 cm³/mol. The number of thiazole rings is 1. The quantitative estimate of drug-likeness (QED) is 0.619. The summed E-state index contributed by atoms with van der Waals surface area (Å²) < 4.78 is 0. The molecule has 0 atom stereocenters. The minimum absolute atomic E-state index is 1.000. The Bertz CT molecular complexity index is 286. The molecule has 0 aliphatic rings. The Morgan fingerprint density at radius 2 is 2.27 bits per heavy atom. The number of aryl methyl sites for hydroxylation is 2. The first-order chi connectivity index (χ1) is 5.24. The normalized spacial score (nSPS) is 10.7. The third-order valence-corrected chi connectivity index (χ3v) is 2.18. The summed E-state index contributed by atoms with van der Waals surface area (Å²) in [6, 6.07) is 0. The second-order valence-electron chi connectivity index (χ2n) is 2.17. The van der Waals surface area contributed by atoms with Crippen LogP contribution in [-0.4, -0.2) is 11.7 Å². The van der Waals surface area contributed by atoms with Gasteiger partial charge in [0.05, 0.1) is 10.7 Å². The number of aliphatic imine (C=N–C) groups is 1. The van der Waals surface area contributed by atoms with Crippen molar-refractivity contribution in [3.8, 4) is 0 Å². The molecule has 0 aromatic carbocycles. The predicted octanol–water partition coefficient (Wildman–Crippen LogP) is 2.43. The minimum Gasteiger partial charge on any atom is -0.272 e. The van der Waals surface area contributed by atoms with Crippen LogP contribution in [0.2, 0.25) is 0 Å². The summed E-state index contributed by atoms with van der Waals surface area (Å²) in [5.74, 6) is 0. The first-order valence-electron chi connectivity index (χ1n) is 3.30. The summed E-state index contributed by atoms with van der Waals surface area (Å²) >= 11 is 1.70. The largest absolute Gasteiger partial charge is 0.272 e. The number of nitrogens with zero attached hydrogens (tertiary/aromatic N) is 2. The van der Waals surface area contributed by atoms with E-state index < -0.39 is 0 Å². The number of hydrogen-bond donors (Lipinski definition) is 0. The van der Waals surface area contributed by atoms with Crippen molar-refractivity contribution >= 4 is 24.1 Å². The van der Waals surface area contributed by atoms with Crippen molar-refractivity contribution in [2.75, 3.05) is 0 Å². The van der Waals surface area contributed by atoms with E-state index in [2.05, 4.69) is 16.7 Å². The zero-order chi connectivity index (χ0) is 8.27. The van der Waals surface area contributed by atoms with E-state index in [1.807, 2.05) is 19.9 Å². The van der Waals surface area contributed by atoms with E-state index in [1.165, 1.54) is 4.88 Å². The van der Waals surface area contributed by atoms with Gasteiger partial charge in [0.1, 0.15) is 0 Å². The Hall–Kier alpha value is -0.960. The Labute approximate surface area is 70.3 Å². The van der Waals surface area contributed by atoms with Crippen molar-refractivity contribution < 1.29 is 0 Å². The van der Waals surface area contributed by atoms with E-state index in [-0.39, 0.29) is 0 Å². The van der Waals surface area contributed by atoms with Gasteiger partial charge in [0.25, 0.3) is 0 Å². The van der Waals surface area contributed by atoms with Crippen molar-refractivity contribution in [1.82, 2.24) is 4.98 Å². The first kappa shape index (κ1) is 8.14. The van der Waals surface area contributed by atoms with Crippen molar-refractivity contribution in [3.63, 3.8) is 0 Å². The molecule has 1 aromatic rings. The van der Waals surface area contributed by atoms with Gasteiger partial charge in [-0.1, -0.05) is 0 Å². The van der Waals surface area contributed by atoms with Crippen LogP contribution in [0.1, 0.15) is 15.6 Å². The molecule has 0 N–H and O–H groups in total. The first-order valence-corrected chi connectivity index (χ1v) is 4.12. The van der Waals surface area contributed by atoms with Crippen LogP contribution in [0.4, 0.5) is 0 Å². The molecule has 0 amide bonds. The summed E-state index contributed by atoms with van der Waals surface area (Å²) in [5.41, 5.74) is 1.000. The van der Waals surface area contributed by atoms with Gasteiger partial charge in [-0.25, -0.2) is 4.98 Å². The fourth-order valence-electron chi connectivity index (χ4n) is 0.823.